The molecule has 0 saturated carbocycles. The maximum absolute atomic E-state index is 10.9. The van der Waals surface area contributed by atoms with Gasteiger partial charge in [-0.1, -0.05) is 12.1 Å². The summed E-state index contributed by atoms with van der Waals surface area (Å²) in [5.41, 5.74) is -1.23. The molecule has 0 aliphatic heterocycles. The fourth-order valence-electron chi connectivity index (χ4n) is 1.42. The summed E-state index contributed by atoms with van der Waals surface area (Å²) in [7, 11) is 0. The predicted octanol–water partition coefficient (Wildman–Crippen LogP) is 2.01. The van der Waals surface area contributed by atoms with Crippen molar-refractivity contribution in [3.8, 4) is 0 Å². The maximum atomic E-state index is 10.9. The maximum Gasteiger partial charge on any atom is 0.421 e. The quantitative estimate of drug-likeness (QED) is 0.642. The van der Waals surface area contributed by atoms with Crippen molar-refractivity contribution in [2.24, 2.45) is 0 Å². The first-order valence-corrected chi connectivity index (χ1v) is 4.88. The molecule has 0 atom stereocenters. The molecule has 1 rings (SSSR count). The standard InChI is InChI=1S/C10H8N2O8/c13-7(14)11(8(15)16)5-3-1-2-4-6(5)12(9(17)18)10(19)20/h1-4H,(H,13,14)(H,15,16)(H,17,18)(H,19,20). The van der Waals surface area contributed by atoms with Gasteiger partial charge in [-0.2, -0.15) is 9.80 Å². The zero-order valence-electron chi connectivity index (χ0n) is 9.63. The van der Waals surface area contributed by atoms with Crippen LogP contribution < -0.4 is 9.80 Å². The molecule has 10 heteroatoms. The topological polar surface area (TPSA) is 156 Å². The van der Waals surface area contributed by atoms with E-state index in [0.717, 1.165) is 12.1 Å². The molecule has 0 unspecified atom stereocenters. The van der Waals surface area contributed by atoms with Crippen molar-refractivity contribution in [1.82, 2.24) is 0 Å². The molecule has 0 fully saturated rings. The van der Waals surface area contributed by atoms with Crippen LogP contribution in [0.4, 0.5) is 30.6 Å². The molecule has 0 aliphatic carbocycles. The number of nitrogens with zero attached hydrogens (tertiary/aromatic N) is 2. The lowest BCUT2D eigenvalue weighted by atomic mass is 10.2. The molecule has 0 saturated heterocycles. The van der Waals surface area contributed by atoms with Gasteiger partial charge in [0.25, 0.3) is 0 Å². The SMILES string of the molecule is O=C(O)N(C(=O)O)c1ccccc1N(C(=O)O)C(=O)O. The van der Waals surface area contributed by atoms with Crippen LogP contribution >= 0.6 is 0 Å². The van der Waals surface area contributed by atoms with Crippen LogP contribution in [0.1, 0.15) is 0 Å². The molecule has 1 aromatic rings. The van der Waals surface area contributed by atoms with Gasteiger partial charge < -0.3 is 20.4 Å². The van der Waals surface area contributed by atoms with E-state index < -0.39 is 35.7 Å². The van der Waals surface area contributed by atoms with Gasteiger partial charge in [-0.05, 0) is 12.1 Å². The molecule has 106 valence electrons. The average Bonchev–Trinajstić information content (AvgIpc) is 2.29. The van der Waals surface area contributed by atoms with Crippen molar-refractivity contribution >= 4 is 35.7 Å². The molecule has 0 aliphatic rings. The van der Waals surface area contributed by atoms with Crippen LogP contribution in [0, 0.1) is 0 Å². The summed E-state index contributed by atoms with van der Waals surface area (Å²) in [6, 6.07) is 4.41. The van der Waals surface area contributed by atoms with E-state index in [0.29, 0.717) is 0 Å². The van der Waals surface area contributed by atoms with Crippen LogP contribution in [0.25, 0.3) is 0 Å². The van der Waals surface area contributed by atoms with E-state index in [1.165, 1.54) is 12.1 Å². The Balaban J connectivity index is 3.50. The van der Waals surface area contributed by atoms with Gasteiger partial charge >= 0.3 is 24.4 Å². The monoisotopic (exact) mass is 284 g/mol. The summed E-state index contributed by atoms with van der Waals surface area (Å²) in [6.45, 7) is 0. The Morgan fingerprint density at radius 2 is 0.900 bits per heavy atom. The van der Waals surface area contributed by atoms with E-state index in [-0.39, 0.29) is 9.80 Å². The summed E-state index contributed by atoms with van der Waals surface area (Å²) in [4.78, 5) is 43.2. The first-order valence-electron chi connectivity index (χ1n) is 4.88. The second kappa shape index (κ2) is 5.56. The highest BCUT2D eigenvalue weighted by molar-refractivity contribution is 6.15. The van der Waals surface area contributed by atoms with Gasteiger partial charge in [0, 0.05) is 0 Å². The zero-order chi connectivity index (χ0) is 15.4. The van der Waals surface area contributed by atoms with Gasteiger partial charge in [-0.15, -0.1) is 0 Å². The van der Waals surface area contributed by atoms with Gasteiger partial charge in [0.1, 0.15) is 0 Å². The van der Waals surface area contributed by atoms with E-state index in [9.17, 15) is 19.2 Å². The number of benzene rings is 1. The third-order valence-electron chi connectivity index (χ3n) is 2.13. The lowest BCUT2D eigenvalue weighted by Crippen LogP contribution is -2.39. The molecule has 4 N–H and O–H groups in total. The largest absolute Gasteiger partial charge is 0.464 e. The van der Waals surface area contributed by atoms with Crippen molar-refractivity contribution in [2.75, 3.05) is 9.80 Å². The Labute approximate surface area is 110 Å². The number of rotatable bonds is 2. The Bertz CT molecular complexity index is 505. The minimum Gasteiger partial charge on any atom is -0.464 e. The molecular formula is C10H8N2O8. The Kier molecular flexibility index (Phi) is 4.10. The summed E-state index contributed by atoms with van der Waals surface area (Å²) in [5.74, 6) is 0. The summed E-state index contributed by atoms with van der Waals surface area (Å²) >= 11 is 0. The van der Waals surface area contributed by atoms with Gasteiger partial charge in [-0.3, -0.25) is 0 Å². The van der Waals surface area contributed by atoms with Gasteiger partial charge in [-0.25, -0.2) is 19.2 Å². The number of carboxylic acid groups (broad SMARTS) is 4. The molecule has 4 amide bonds. The number of hydrogen-bond acceptors (Lipinski definition) is 4. The van der Waals surface area contributed by atoms with Crippen LogP contribution in [0.2, 0.25) is 0 Å². The number of para-hydroxylation sites is 2. The Morgan fingerprint density at radius 3 is 1.10 bits per heavy atom. The minimum absolute atomic E-state index is 0.186. The molecule has 1 aromatic carbocycles. The molecule has 0 aromatic heterocycles. The van der Waals surface area contributed by atoms with Crippen LogP contribution in [-0.4, -0.2) is 44.8 Å². The number of hydrogen-bond donors (Lipinski definition) is 4. The first-order chi connectivity index (χ1) is 9.27. The van der Waals surface area contributed by atoms with Gasteiger partial charge in [0.05, 0.1) is 11.4 Å². The molecule has 0 bridgehead atoms. The average molecular weight is 284 g/mol. The van der Waals surface area contributed by atoms with Crippen molar-refractivity contribution in [2.45, 2.75) is 0 Å². The molecular weight excluding hydrogens is 276 g/mol. The fourth-order valence-corrected chi connectivity index (χ4v) is 1.42. The van der Waals surface area contributed by atoms with Gasteiger partial charge in [0.15, 0.2) is 0 Å². The second-order valence-electron chi connectivity index (χ2n) is 3.29. The number of imide groups is 2. The summed E-state index contributed by atoms with van der Waals surface area (Å²) < 4.78 is 0. The Morgan fingerprint density at radius 1 is 0.650 bits per heavy atom. The molecule has 0 radical (unpaired) electrons. The fraction of sp³-hybridized carbons (Fsp3) is 0. The van der Waals surface area contributed by atoms with E-state index in [4.69, 9.17) is 20.4 Å². The predicted molar refractivity (Wildman–Crippen MR) is 63.5 cm³/mol. The van der Waals surface area contributed by atoms with Crippen LogP contribution in [0.5, 0.6) is 0 Å². The van der Waals surface area contributed by atoms with Crippen molar-refractivity contribution in [3.63, 3.8) is 0 Å². The third-order valence-corrected chi connectivity index (χ3v) is 2.13. The normalized spacial score (nSPS) is 9.60. The number of carbonyl (C=O) groups is 4. The van der Waals surface area contributed by atoms with Crippen LogP contribution in [0.15, 0.2) is 24.3 Å². The highest BCUT2D eigenvalue weighted by Gasteiger charge is 2.31. The molecule has 0 heterocycles. The smallest absolute Gasteiger partial charge is 0.421 e. The molecule has 20 heavy (non-hydrogen) atoms. The molecule has 10 nitrogen and oxygen atoms in total. The van der Waals surface area contributed by atoms with Crippen molar-refractivity contribution in [3.05, 3.63) is 24.3 Å². The van der Waals surface area contributed by atoms with E-state index in [2.05, 4.69) is 0 Å². The Hall–Kier alpha value is -3.30. The van der Waals surface area contributed by atoms with Crippen LogP contribution in [0.3, 0.4) is 0 Å². The van der Waals surface area contributed by atoms with E-state index in [1.807, 2.05) is 0 Å². The number of amides is 4. The zero-order valence-corrected chi connectivity index (χ0v) is 9.63. The highest BCUT2D eigenvalue weighted by atomic mass is 16.4. The summed E-state index contributed by atoms with van der Waals surface area (Å²) in [5, 5.41) is 35.2. The lowest BCUT2D eigenvalue weighted by Gasteiger charge is -2.21. The van der Waals surface area contributed by atoms with Crippen molar-refractivity contribution in [1.29, 1.82) is 0 Å². The van der Waals surface area contributed by atoms with E-state index >= 15 is 0 Å². The highest BCUT2D eigenvalue weighted by Crippen LogP contribution is 2.30. The number of anilines is 2. The third kappa shape index (κ3) is 2.75. The summed E-state index contributed by atoms with van der Waals surface area (Å²) in [6.07, 6.45) is -7.61. The minimum atomic E-state index is -1.90. The lowest BCUT2D eigenvalue weighted by molar-refractivity contribution is 0.180. The van der Waals surface area contributed by atoms with E-state index in [1.54, 1.807) is 0 Å². The van der Waals surface area contributed by atoms with Gasteiger partial charge in [0.2, 0.25) is 0 Å². The molecule has 0 spiro atoms. The van der Waals surface area contributed by atoms with Crippen LogP contribution in [-0.2, 0) is 0 Å². The van der Waals surface area contributed by atoms with Crippen molar-refractivity contribution < 1.29 is 39.6 Å². The second-order valence-corrected chi connectivity index (χ2v) is 3.29. The first kappa shape index (κ1) is 14.8.